The molecule has 0 bridgehead atoms. The molecule has 2 aliphatic heterocycles. The molecule has 6 heteroatoms. The minimum atomic E-state index is 0.744. The van der Waals surface area contributed by atoms with Crippen molar-refractivity contribution >= 4 is 16.9 Å². The summed E-state index contributed by atoms with van der Waals surface area (Å²) in [5, 5.41) is 0. The maximum atomic E-state index is 5.54. The summed E-state index contributed by atoms with van der Waals surface area (Å²) in [5.41, 5.74) is 4.42. The third kappa shape index (κ3) is 3.31. The van der Waals surface area contributed by atoms with Crippen LogP contribution in [0.1, 0.15) is 18.4 Å². The third-order valence-corrected chi connectivity index (χ3v) is 5.52. The molecule has 0 radical (unpaired) electrons. The molecule has 0 amide bonds. The molecule has 2 fully saturated rings. The van der Waals surface area contributed by atoms with E-state index in [1.54, 1.807) is 0 Å². The van der Waals surface area contributed by atoms with E-state index in [0.29, 0.717) is 0 Å². The number of likely N-dealkylation sites (tertiary alicyclic amines) is 1. The molecule has 0 unspecified atom stereocenters. The molecule has 5 rings (SSSR count). The topological polar surface area (TPSA) is 57.3 Å². The van der Waals surface area contributed by atoms with E-state index in [9.17, 15) is 0 Å². The fraction of sp³-hybridized carbons (Fsp3) is 0.429. The van der Waals surface area contributed by atoms with Gasteiger partial charge in [-0.1, -0.05) is 30.3 Å². The Morgan fingerprint density at radius 3 is 2.52 bits per heavy atom. The second-order valence-electron chi connectivity index (χ2n) is 7.36. The number of morpholine rings is 1. The van der Waals surface area contributed by atoms with Crippen molar-refractivity contribution in [1.29, 1.82) is 0 Å². The van der Waals surface area contributed by atoms with E-state index < -0.39 is 0 Å². The zero-order valence-electron chi connectivity index (χ0n) is 15.5. The van der Waals surface area contributed by atoms with Gasteiger partial charge in [0.05, 0.1) is 18.7 Å². The van der Waals surface area contributed by atoms with Crippen LogP contribution in [-0.4, -0.2) is 59.2 Å². The molecule has 27 heavy (non-hydrogen) atoms. The van der Waals surface area contributed by atoms with Crippen LogP contribution in [0.15, 0.2) is 36.5 Å². The Labute approximate surface area is 159 Å². The summed E-state index contributed by atoms with van der Waals surface area (Å²) in [6.45, 7) is 6.52. The van der Waals surface area contributed by atoms with Crippen LogP contribution in [0.25, 0.3) is 22.4 Å². The lowest BCUT2D eigenvalue weighted by Gasteiger charge is -2.28. The number of anilines is 1. The van der Waals surface area contributed by atoms with Gasteiger partial charge in [0.2, 0.25) is 0 Å². The first-order valence-corrected chi connectivity index (χ1v) is 9.87. The van der Waals surface area contributed by atoms with E-state index in [2.05, 4.69) is 33.1 Å². The highest BCUT2D eigenvalue weighted by Crippen LogP contribution is 2.30. The summed E-state index contributed by atoms with van der Waals surface area (Å²) in [6, 6.07) is 10.3. The van der Waals surface area contributed by atoms with Crippen LogP contribution in [-0.2, 0) is 11.3 Å². The second kappa shape index (κ2) is 7.29. The molecule has 0 saturated carbocycles. The van der Waals surface area contributed by atoms with Crippen LogP contribution >= 0.6 is 0 Å². The van der Waals surface area contributed by atoms with Crippen molar-refractivity contribution in [3.8, 4) is 11.4 Å². The van der Waals surface area contributed by atoms with Crippen molar-refractivity contribution < 1.29 is 4.74 Å². The number of nitrogens with zero attached hydrogens (tertiary/aromatic N) is 4. The highest BCUT2D eigenvalue weighted by Gasteiger charge is 2.22. The molecular formula is C21H25N5O. The highest BCUT2D eigenvalue weighted by molar-refractivity contribution is 5.90. The van der Waals surface area contributed by atoms with Gasteiger partial charge in [0.25, 0.3) is 0 Å². The number of rotatable bonds is 4. The van der Waals surface area contributed by atoms with E-state index in [-0.39, 0.29) is 0 Å². The molecule has 3 aromatic rings. The van der Waals surface area contributed by atoms with Gasteiger partial charge in [-0.15, -0.1) is 0 Å². The molecule has 140 valence electrons. The number of benzene rings is 1. The Hall–Kier alpha value is -2.44. The van der Waals surface area contributed by atoms with Gasteiger partial charge < -0.3 is 14.6 Å². The standard InChI is InChI=1S/C21H25N5O/c1-2-6-16(7-3-1)20-23-18-17(15-25-8-4-5-9-25)14-22-19(18)21(24-20)26-10-12-27-13-11-26/h1-3,6-7,14,22H,4-5,8-13,15H2. The van der Waals surface area contributed by atoms with Crippen LogP contribution in [0.3, 0.4) is 0 Å². The minimum Gasteiger partial charge on any atom is -0.378 e. The van der Waals surface area contributed by atoms with Crippen molar-refractivity contribution in [2.24, 2.45) is 0 Å². The fourth-order valence-corrected chi connectivity index (χ4v) is 4.06. The van der Waals surface area contributed by atoms with Gasteiger partial charge in [0.15, 0.2) is 11.6 Å². The fourth-order valence-electron chi connectivity index (χ4n) is 4.06. The van der Waals surface area contributed by atoms with Crippen molar-refractivity contribution in [2.45, 2.75) is 19.4 Å². The summed E-state index contributed by atoms with van der Waals surface area (Å²) >= 11 is 0. The largest absolute Gasteiger partial charge is 0.378 e. The van der Waals surface area contributed by atoms with E-state index in [4.69, 9.17) is 14.7 Å². The van der Waals surface area contributed by atoms with E-state index in [0.717, 1.165) is 61.1 Å². The Kier molecular flexibility index (Phi) is 4.51. The van der Waals surface area contributed by atoms with Crippen LogP contribution < -0.4 is 4.90 Å². The second-order valence-corrected chi connectivity index (χ2v) is 7.36. The minimum absolute atomic E-state index is 0.744. The van der Waals surface area contributed by atoms with Crippen molar-refractivity contribution in [3.63, 3.8) is 0 Å². The molecule has 4 heterocycles. The predicted molar refractivity (Wildman–Crippen MR) is 107 cm³/mol. The van der Waals surface area contributed by atoms with Crippen LogP contribution in [0, 0.1) is 0 Å². The number of ether oxygens (including phenoxy) is 1. The monoisotopic (exact) mass is 363 g/mol. The first-order valence-electron chi connectivity index (χ1n) is 9.87. The number of aromatic nitrogens is 3. The molecule has 1 aromatic carbocycles. The average Bonchev–Trinajstić information content (AvgIpc) is 3.39. The van der Waals surface area contributed by atoms with E-state index in [1.807, 2.05) is 18.2 Å². The van der Waals surface area contributed by atoms with Gasteiger partial charge in [0.1, 0.15) is 5.52 Å². The van der Waals surface area contributed by atoms with Crippen LogP contribution in [0.4, 0.5) is 5.82 Å². The van der Waals surface area contributed by atoms with Gasteiger partial charge in [-0.3, -0.25) is 4.90 Å². The van der Waals surface area contributed by atoms with E-state index >= 15 is 0 Å². The Balaban J connectivity index is 1.61. The Morgan fingerprint density at radius 1 is 0.963 bits per heavy atom. The van der Waals surface area contributed by atoms with Gasteiger partial charge in [-0.05, 0) is 25.9 Å². The van der Waals surface area contributed by atoms with Gasteiger partial charge in [-0.25, -0.2) is 9.97 Å². The van der Waals surface area contributed by atoms with Gasteiger partial charge >= 0.3 is 0 Å². The summed E-state index contributed by atoms with van der Waals surface area (Å²) in [4.78, 5) is 18.2. The summed E-state index contributed by atoms with van der Waals surface area (Å²) in [6.07, 6.45) is 4.72. The third-order valence-electron chi connectivity index (χ3n) is 5.52. The zero-order valence-corrected chi connectivity index (χ0v) is 15.5. The van der Waals surface area contributed by atoms with Crippen molar-refractivity contribution in [3.05, 3.63) is 42.1 Å². The Bertz CT molecular complexity index is 911. The normalized spacial score (nSPS) is 18.4. The maximum Gasteiger partial charge on any atom is 0.162 e. The maximum absolute atomic E-state index is 5.54. The van der Waals surface area contributed by atoms with Gasteiger partial charge in [-0.2, -0.15) is 0 Å². The van der Waals surface area contributed by atoms with Crippen LogP contribution in [0.5, 0.6) is 0 Å². The number of H-pyrrole nitrogens is 1. The SMILES string of the molecule is c1ccc(-c2nc(N3CCOCC3)c3[nH]cc(CN4CCCC4)c3n2)cc1. The lowest BCUT2D eigenvalue weighted by Crippen LogP contribution is -2.37. The molecule has 2 aromatic heterocycles. The van der Waals surface area contributed by atoms with E-state index in [1.165, 1.54) is 31.5 Å². The number of fused-ring (bicyclic) bond motifs is 1. The number of nitrogens with one attached hydrogen (secondary N) is 1. The Morgan fingerprint density at radius 2 is 1.74 bits per heavy atom. The molecule has 2 aliphatic rings. The number of aromatic amines is 1. The summed E-state index contributed by atoms with van der Waals surface area (Å²) in [5.74, 6) is 1.79. The van der Waals surface area contributed by atoms with Crippen LogP contribution in [0.2, 0.25) is 0 Å². The lowest BCUT2D eigenvalue weighted by molar-refractivity contribution is 0.122. The molecule has 0 spiro atoms. The highest BCUT2D eigenvalue weighted by atomic mass is 16.5. The smallest absolute Gasteiger partial charge is 0.162 e. The molecule has 2 saturated heterocycles. The summed E-state index contributed by atoms with van der Waals surface area (Å²) in [7, 11) is 0. The number of hydrogen-bond acceptors (Lipinski definition) is 5. The predicted octanol–water partition coefficient (Wildman–Crippen LogP) is 3.06. The quantitative estimate of drug-likeness (QED) is 0.772. The van der Waals surface area contributed by atoms with Gasteiger partial charge in [0, 0.05) is 37.0 Å². The molecular weight excluding hydrogens is 338 g/mol. The molecule has 0 aliphatic carbocycles. The van der Waals surface area contributed by atoms with Crippen molar-refractivity contribution in [2.75, 3.05) is 44.3 Å². The average molecular weight is 363 g/mol. The zero-order chi connectivity index (χ0) is 18.1. The first-order chi connectivity index (χ1) is 13.4. The molecule has 1 N–H and O–H groups in total. The summed E-state index contributed by atoms with van der Waals surface area (Å²) < 4.78 is 5.54. The lowest BCUT2D eigenvalue weighted by atomic mass is 10.2. The molecule has 0 atom stereocenters. The first kappa shape index (κ1) is 16.7. The number of hydrogen-bond donors (Lipinski definition) is 1. The van der Waals surface area contributed by atoms with Crippen molar-refractivity contribution in [1.82, 2.24) is 19.9 Å². The molecule has 6 nitrogen and oxygen atoms in total.